The predicted octanol–water partition coefficient (Wildman–Crippen LogP) is 2.54. The van der Waals surface area contributed by atoms with Crippen molar-refractivity contribution in [3.63, 3.8) is 0 Å². The molecule has 2 rings (SSSR count). The highest BCUT2D eigenvalue weighted by Gasteiger charge is 2.11. The van der Waals surface area contributed by atoms with E-state index in [1.54, 1.807) is 0 Å². The second kappa shape index (κ2) is 6.76. The molecule has 0 saturated heterocycles. The molecule has 3 N–H and O–H groups in total. The van der Waals surface area contributed by atoms with E-state index in [1.165, 1.54) is 5.56 Å². The molecule has 2 aromatic rings. The molecule has 0 bridgehead atoms. The van der Waals surface area contributed by atoms with Gasteiger partial charge in [-0.3, -0.25) is 4.79 Å². The Labute approximate surface area is 125 Å². The van der Waals surface area contributed by atoms with Crippen molar-refractivity contribution in [2.75, 3.05) is 6.54 Å². The Kier molecular flexibility index (Phi) is 5.02. The van der Waals surface area contributed by atoms with Crippen LogP contribution >= 0.6 is 0 Å². The Bertz CT molecular complexity index is 616. The van der Waals surface area contributed by atoms with Crippen molar-refractivity contribution >= 4 is 16.8 Å². The molecule has 1 atom stereocenters. The fourth-order valence-corrected chi connectivity index (χ4v) is 2.54. The number of aromatic nitrogens is 1. The van der Waals surface area contributed by atoms with Gasteiger partial charge in [-0.15, -0.1) is 0 Å². The van der Waals surface area contributed by atoms with Crippen molar-refractivity contribution < 1.29 is 9.90 Å². The average molecular weight is 288 g/mol. The summed E-state index contributed by atoms with van der Waals surface area (Å²) in [6.45, 7) is 6.47. The number of fused-ring (bicyclic) bond motifs is 1. The lowest BCUT2D eigenvalue weighted by Crippen LogP contribution is -2.33. The van der Waals surface area contributed by atoms with E-state index in [4.69, 9.17) is 0 Å². The third-order valence-electron chi connectivity index (χ3n) is 3.55. The lowest BCUT2D eigenvalue weighted by Gasteiger charge is -2.13. The molecule has 4 nitrogen and oxygen atoms in total. The number of aliphatic hydroxyl groups is 1. The third kappa shape index (κ3) is 4.33. The van der Waals surface area contributed by atoms with Gasteiger partial charge in [-0.05, 0) is 36.5 Å². The van der Waals surface area contributed by atoms with E-state index < -0.39 is 6.10 Å². The molecular formula is C17H24N2O2. The topological polar surface area (TPSA) is 65.1 Å². The van der Waals surface area contributed by atoms with Crippen LogP contribution in [0.1, 0.15) is 31.4 Å². The molecule has 0 fully saturated rings. The van der Waals surface area contributed by atoms with Crippen LogP contribution in [0.3, 0.4) is 0 Å². The summed E-state index contributed by atoms with van der Waals surface area (Å²) in [5.74, 6) is 0.369. The van der Waals surface area contributed by atoms with Gasteiger partial charge in [0.15, 0.2) is 0 Å². The molecule has 1 aromatic carbocycles. The summed E-state index contributed by atoms with van der Waals surface area (Å²) in [5.41, 5.74) is 3.23. The van der Waals surface area contributed by atoms with Gasteiger partial charge in [-0.2, -0.15) is 0 Å². The Morgan fingerprint density at radius 3 is 2.86 bits per heavy atom. The Hall–Kier alpha value is -1.81. The monoisotopic (exact) mass is 288 g/mol. The van der Waals surface area contributed by atoms with E-state index in [0.717, 1.165) is 16.5 Å². The average Bonchev–Trinajstić information content (AvgIpc) is 2.78. The number of aliphatic hydroxyl groups excluding tert-OH is 1. The fraction of sp³-hybridized carbons (Fsp3) is 0.471. The molecule has 1 heterocycles. The minimum absolute atomic E-state index is 0.0562. The summed E-state index contributed by atoms with van der Waals surface area (Å²) in [6.07, 6.45) is 2.44. The second-order valence-corrected chi connectivity index (χ2v) is 6.13. The van der Waals surface area contributed by atoms with Crippen LogP contribution in [0.25, 0.3) is 10.9 Å². The number of benzene rings is 1. The van der Waals surface area contributed by atoms with Gasteiger partial charge in [0.05, 0.1) is 12.5 Å². The van der Waals surface area contributed by atoms with Crippen molar-refractivity contribution in [1.82, 2.24) is 10.3 Å². The normalized spacial score (nSPS) is 12.8. The van der Waals surface area contributed by atoms with Gasteiger partial charge in [0, 0.05) is 23.6 Å². The van der Waals surface area contributed by atoms with Crippen LogP contribution in [0.15, 0.2) is 24.4 Å². The lowest BCUT2D eigenvalue weighted by atomic mass is 10.1. The van der Waals surface area contributed by atoms with Gasteiger partial charge < -0.3 is 15.4 Å². The second-order valence-electron chi connectivity index (χ2n) is 6.13. The van der Waals surface area contributed by atoms with E-state index in [-0.39, 0.29) is 5.91 Å². The zero-order valence-corrected chi connectivity index (χ0v) is 12.9. The van der Waals surface area contributed by atoms with Gasteiger partial charge in [-0.1, -0.05) is 26.0 Å². The van der Waals surface area contributed by atoms with Crippen LogP contribution in [0, 0.1) is 12.8 Å². The van der Waals surface area contributed by atoms with Gasteiger partial charge in [0.2, 0.25) is 5.91 Å². The maximum Gasteiger partial charge on any atom is 0.224 e. The molecule has 1 amide bonds. The Balaban J connectivity index is 1.92. The van der Waals surface area contributed by atoms with E-state index in [1.807, 2.05) is 25.3 Å². The molecule has 0 saturated carbocycles. The molecule has 0 spiro atoms. The quantitative estimate of drug-likeness (QED) is 0.765. The summed E-state index contributed by atoms with van der Waals surface area (Å²) < 4.78 is 0. The number of carbonyl (C=O) groups is 1. The number of rotatable bonds is 6. The van der Waals surface area contributed by atoms with E-state index in [0.29, 0.717) is 25.3 Å². The van der Waals surface area contributed by atoms with Gasteiger partial charge in [-0.25, -0.2) is 0 Å². The predicted molar refractivity (Wildman–Crippen MR) is 85.2 cm³/mol. The van der Waals surface area contributed by atoms with E-state index >= 15 is 0 Å². The van der Waals surface area contributed by atoms with Gasteiger partial charge >= 0.3 is 0 Å². The molecule has 1 unspecified atom stereocenters. The third-order valence-corrected chi connectivity index (χ3v) is 3.55. The summed E-state index contributed by atoms with van der Waals surface area (Å²) in [5, 5.41) is 13.7. The minimum Gasteiger partial charge on any atom is -0.391 e. The maximum absolute atomic E-state index is 12.0. The summed E-state index contributed by atoms with van der Waals surface area (Å²) in [6, 6.07) is 6.16. The largest absolute Gasteiger partial charge is 0.391 e. The first-order valence-corrected chi connectivity index (χ1v) is 7.47. The number of amides is 1. The number of hydrogen-bond acceptors (Lipinski definition) is 2. The number of hydrogen-bond donors (Lipinski definition) is 3. The van der Waals surface area contributed by atoms with Crippen LogP contribution in [0.4, 0.5) is 0 Å². The smallest absolute Gasteiger partial charge is 0.224 e. The Morgan fingerprint density at radius 1 is 1.38 bits per heavy atom. The highest BCUT2D eigenvalue weighted by Crippen LogP contribution is 2.19. The molecule has 1 aromatic heterocycles. The van der Waals surface area contributed by atoms with Gasteiger partial charge in [0.1, 0.15) is 0 Å². The zero-order chi connectivity index (χ0) is 15.4. The number of aromatic amines is 1. The molecule has 114 valence electrons. The molecule has 0 aliphatic heterocycles. The van der Waals surface area contributed by atoms with Gasteiger partial charge in [0.25, 0.3) is 0 Å². The molecule has 4 heteroatoms. The lowest BCUT2D eigenvalue weighted by molar-refractivity contribution is -0.120. The highest BCUT2D eigenvalue weighted by atomic mass is 16.3. The first kappa shape index (κ1) is 15.6. The minimum atomic E-state index is -0.473. The SMILES string of the molecule is Cc1ccc2c(CC(=O)NCC(O)CC(C)C)c[nH]c2c1. The number of H-pyrrole nitrogens is 1. The van der Waals surface area contributed by atoms with Crippen LogP contribution in [0.5, 0.6) is 0 Å². The van der Waals surface area contributed by atoms with Crippen molar-refractivity contribution in [2.45, 2.75) is 39.7 Å². The maximum atomic E-state index is 12.0. The first-order chi connectivity index (χ1) is 9.95. The molecular weight excluding hydrogens is 264 g/mol. The zero-order valence-electron chi connectivity index (χ0n) is 12.9. The van der Waals surface area contributed by atoms with E-state index in [2.05, 4.69) is 30.2 Å². The first-order valence-electron chi connectivity index (χ1n) is 7.47. The standard InChI is InChI=1S/C17H24N2O2/c1-11(2)6-14(20)10-19-17(21)8-13-9-18-16-7-12(3)4-5-15(13)16/h4-5,7,9,11,14,18,20H,6,8,10H2,1-3H3,(H,19,21). The number of aryl methyl sites for hydroxylation is 1. The van der Waals surface area contributed by atoms with E-state index in [9.17, 15) is 9.90 Å². The van der Waals surface area contributed by atoms with Crippen LogP contribution in [0.2, 0.25) is 0 Å². The summed E-state index contributed by atoms with van der Waals surface area (Å²) in [7, 11) is 0. The molecule has 21 heavy (non-hydrogen) atoms. The van der Waals surface area contributed by atoms with Crippen molar-refractivity contribution in [2.24, 2.45) is 5.92 Å². The molecule has 0 radical (unpaired) electrons. The molecule has 0 aliphatic rings. The highest BCUT2D eigenvalue weighted by molar-refractivity contribution is 5.89. The van der Waals surface area contributed by atoms with Crippen LogP contribution < -0.4 is 5.32 Å². The van der Waals surface area contributed by atoms with Crippen LogP contribution in [-0.2, 0) is 11.2 Å². The Morgan fingerprint density at radius 2 is 2.14 bits per heavy atom. The summed E-state index contributed by atoms with van der Waals surface area (Å²) >= 11 is 0. The van der Waals surface area contributed by atoms with Crippen molar-refractivity contribution in [1.29, 1.82) is 0 Å². The van der Waals surface area contributed by atoms with Crippen molar-refractivity contribution in [3.8, 4) is 0 Å². The van der Waals surface area contributed by atoms with Crippen molar-refractivity contribution in [3.05, 3.63) is 35.5 Å². The number of nitrogens with one attached hydrogen (secondary N) is 2. The fourth-order valence-electron chi connectivity index (χ4n) is 2.54. The van der Waals surface area contributed by atoms with Crippen LogP contribution in [-0.4, -0.2) is 28.6 Å². The summed E-state index contributed by atoms with van der Waals surface area (Å²) in [4.78, 5) is 15.2. The molecule has 0 aliphatic carbocycles. The number of carbonyl (C=O) groups excluding carboxylic acids is 1.